The zero-order valence-electron chi connectivity index (χ0n) is 9.67. The predicted octanol–water partition coefficient (Wildman–Crippen LogP) is 3.56. The Hall–Kier alpha value is -0.880. The number of nitrogen functional groups attached to an aromatic ring is 1. The van der Waals surface area contributed by atoms with E-state index in [1.807, 2.05) is 0 Å². The van der Waals surface area contributed by atoms with Gasteiger partial charge in [0.15, 0.2) is 0 Å². The lowest BCUT2D eigenvalue weighted by atomic mass is 10.2. The molecule has 18 heavy (non-hydrogen) atoms. The summed E-state index contributed by atoms with van der Waals surface area (Å²) in [7, 11) is 0. The minimum atomic E-state index is -4.34. The lowest BCUT2D eigenvalue weighted by Crippen LogP contribution is -2.17. The van der Waals surface area contributed by atoms with Crippen molar-refractivity contribution in [1.82, 2.24) is 0 Å². The molecule has 1 fully saturated rings. The molecule has 0 amide bonds. The van der Waals surface area contributed by atoms with Crippen LogP contribution in [0.3, 0.4) is 0 Å². The normalized spacial score (nSPS) is 17.9. The molecule has 1 aliphatic rings. The maximum absolute atomic E-state index is 12.5. The largest absolute Gasteiger partial charge is 0.416 e. The highest BCUT2D eigenvalue weighted by atomic mass is 32.2. The number of halogens is 3. The van der Waals surface area contributed by atoms with Gasteiger partial charge in [-0.1, -0.05) is 0 Å². The Balaban J connectivity index is 2.09. The summed E-state index contributed by atoms with van der Waals surface area (Å²) >= 11 is 1.54. The molecule has 2 rings (SSSR count). The summed E-state index contributed by atoms with van der Waals surface area (Å²) in [6.07, 6.45) is -2.52. The van der Waals surface area contributed by atoms with E-state index >= 15 is 0 Å². The van der Waals surface area contributed by atoms with Gasteiger partial charge in [0.1, 0.15) is 0 Å². The van der Waals surface area contributed by atoms with Crippen molar-refractivity contribution in [3.63, 3.8) is 0 Å². The van der Waals surface area contributed by atoms with Crippen LogP contribution >= 0.6 is 11.8 Å². The van der Waals surface area contributed by atoms with Gasteiger partial charge in [0.05, 0.1) is 5.56 Å². The van der Waals surface area contributed by atoms with E-state index in [0.717, 1.165) is 29.9 Å². The summed E-state index contributed by atoms with van der Waals surface area (Å²) in [5.41, 5.74) is 5.18. The second-order valence-corrected chi connectivity index (χ2v) is 5.52. The molecule has 2 N–H and O–H groups in total. The fourth-order valence-electron chi connectivity index (χ4n) is 1.81. The Bertz CT molecular complexity index is 416. The molecule has 0 saturated carbocycles. The first kappa shape index (κ1) is 13.5. The number of alkyl halides is 3. The molecule has 6 heteroatoms. The summed E-state index contributed by atoms with van der Waals surface area (Å²) in [6.45, 7) is 1.41. The summed E-state index contributed by atoms with van der Waals surface area (Å²) in [5.74, 6) is 0. The van der Waals surface area contributed by atoms with Crippen LogP contribution in [0, 0.1) is 0 Å². The lowest BCUT2D eigenvalue weighted by Gasteiger charge is -2.22. The van der Waals surface area contributed by atoms with Crippen molar-refractivity contribution in [2.45, 2.75) is 29.2 Å². The number of nitrogens with two attached hydrogens (primary N) is 1. The third kappa shape index (κ3) is 3.32. The van der Waals surface area contributed by atoms with Crippen LogP contribution in [0.4, 0.5) is 18.9 Å². The van der Waals surface area contributed by atoms with Crippen molar-refractivity contribution in [2.24, 2.45) is 0 Å². The Kier molecular flexibility index (Phi) is 4.07. The van der Waals surface area contributed by atoms with Gasteiger partial charge in [-0.05, 0) is 31.0 Å². The summed E-state index contributed by atoms with van der Waals surface area (Å²) in [4.78, 5) is 0.718. The van der Waals surface area contributed by atoms with E-state index in [9.17, 15) is 13.2 Å². The van der Waals surface area contributed by atoms with Gasteiger partial charge in [-0.3, -0.25) is 0 Å². The van der Waals surface area contributed by atoms with Crippen LogP contribution < -0.4 is 5.73 Å². The van der Waals surface area contributed by atoms with E-state index in [4.69, 9.17) is 10.5 Å². The van der Waals surface area contributed by atoms with Gasteiger partial charge in [0.2, 0.25) is 0 Å². The maximum atomic E-state index is 12.5. The first-order chi connectivity index (χ1) is 8.47. The zero-order valence-corrected chi connectivity index (χ0v) is 10.5. The molecule has 2 nitrogen and oxygen atoms in total. The Labute approximate surface area is 108 Å². The van der Waals surface area contributed by atoms with Crippen molar-refractivity contribution in [1.29, 1.82) is 0 Å². The number of hydrogen-bond acceptors (Lipinski definition) is 3. The van der Waals surface area contributed by atoms with E-state index in [-0.39, 0.29) is 5.69 Å². The van der Waals surface area contributed by atoms with Crippen LogP contribution in [0.25, 0.3) is 0 Å². The lowest BCUT2D eigenvalue weighted by molar-refractivity contribution is -0.137. The third-order valence-corrected chi connectivity index (χ3v) is 4.23. The standard InChI is InChI=1S/C12H14F3NOS/c13-12(14,15)8-1-2-11(10(16)7-8)18-9-3-5-17-6-4-9/h1-2,7,9H,3-6,16H2. The molecule has 0 aromatic heterocycles. The molecule has 0 radical (unpaired) electrons. The summed E-state index contributed by atoms with van der Waals surface area (Å²) in [6, 6.07) is 3.54. The van der Waals surface area contributed by atoms with Gasteiger partial charge in [0, 0.05) is 29.0 Å². The first-order valence-corrected chi connectivity index (χ1v) is 6.56. The van der Waals surface area contributed by atoms with E-state index in [1.54, 1.807) is 0 Å². The van der Waals surface area contributed by atoms with Gasteiger partial charge in [-0.2, -0.15) is 13.2 Å². The van der Waals surface area contributed by atoms with Crippen LogP contribution in [0.5, 0.6) is 0 Å². The topological polar surface area (TPSA) is 35.2 Å². The highest BCUT2D eigenvalue weighted by Gasteiger charge is 2.31. The molecule has 1 heterocycles. The first-order valence-electron chi connectivity index (χ1n) is 5.68. The molecule has 0 atom stereocenters. The molecule has 1 aromatic rings. The van der Waals surface area contributed by atoms with Gasteiger partial charge in [-0.25, -0.2) is 0 Å². The molecule has 100 valence electrons. The van der Waals surface area contributed by atoms with E-state index < -0.39 is 11.7 Å². The van der Waals surface area contributed by atoms with Crippen molar-refractivity contribution < 1.29 is 17.9 Å². The van der Waals surface area contributed by atoms with Crippen LogP contribution in [-0.2, 0) is 10.9 Å². The molecule has 0 spiro atoms. The fourth-order valence-corrected chi connectivity index (χ4v) is 2.93. The third-order valence-electron chi connectivity index (χ3n) is 2.80. The minimum absolute atomic E-state index is 0.196. The van der Waals surface area contributed by atoms with Gasteiger partial charge >= 0.3 is 6.18 Å². The molecule has 0 aliphatic carbocycles. The zero-order chi connectivity index (χ0) is 13.2. The number of hydrogen-bond donors (Lipinski definition) is 1. The maximum Gasteiger partial charge on any atom is 0.416 e. The van der Waals surface area contributed by atoms with Crippen LogP contribution in [0.2, 0.25) is 0 Å². The van der Waals surface area contributed by atoms with E-state index in [0.29, 0.717) is 18.5 Å². The summed E-state index contributed by atoms with van der Waals surface area (Å²) < 4.78 is 42.7. The predicted molar refractivity (Wildman–Crippen MR) is 65.6 cm³/mol. The van der Waals surface area contributed by atoms with E-state index in [1.165, 1.54) is 17.8 Å². The van der Waals surface area contributed by atoms with Crippen LogP contribution in [-0.4, -0.2) is 18.5 Å². The van der Waals surface area contributed by atoms with Crippen molar-refractivity contribution in [3.05, 3.63) is 23.8 Å². The molecule has 0 unspecified atom stereocenters. The van der Waals surface area contributed by atoms with Crippen molar-refractivity contribution in [3.8, 4) is 0 Å². The molecular formula is C12H14F3NOS. The average Bonchev–Trinajstić information content (AvgIpc) is 2.32. The second-order valence-electron chi connectivity index (χ2n) is 4.18. The number of thioether (sulfide) groups is 1. The molecule has 1 aromatic carbocycles. The Morgan fingerprint density at radius 3 is 2.44 bits per heavy atom. The van der Waals surface area contributed by atoms with Crippen molar-refractivity contribution in [2.75, 3.05) is 18.9 Å². The fraction of sp³-hybridized carbons (Fsp3) is 0.500. The summed E-state index contributed by atoms with van der Waals surface area (Å²) in [5, 5.41) is 0.373. The Morgan fingerprint density at radius 2 is 1.89 bits per heavy atom. The smallest absolute Gasteiger partial charge is 0.398 e. The van der Waals surface area contributed by atoms with Crippen LogP contribution in [0.15, 0.2) is 23.1 Å². The molecule has 0 bridgehead atoms. The monoisotopic (exact) mass is 277 g/mol. The molecule has 1 aliphatic heterocycles. The highest BCUT2D eigenvalue weighted by molar-refractivity contribution is 8.00. The highest BCUT2D eigenvalue weighted by Crippen LogP contribution is 2.37. The van der Waals surface area contributed by atoms with E-state index in [2.05, 4.69) is 0 Å². The minimum Gasteiger partial charge on any atom is -0.398 e. The SMILES string of the molecule is Nc1cc(C(F)(F)F)ccc1SC1CCOCC1. The number of benzene rings is 1. The Morgan fingerprint density at radius 1 is 1.22 bits per heavy atom. The number of rotatable bonds is 2. The number of anilines is 1. The quantitative estimate of drug-likeness (QED) is 0.839. The second kappa shape index (κ2) is 5.40. The van der Waals surface area contributed by atoms with Crippen molar-refractivity contribution >= 4 is 17.4 Å². The molecular weight excluding hydrogens is 263 g/mol. The van der Waals surface area contributed by atoms with Gasteiger partial charge in [-0.15, -0.1) is 11.8 Å². The van der Waals surface area contributed by atoms with Gasteiger partial charge in [0.25, 0.3) is 0 Å². The van der Waals surface area contributed by atoms with Crippen LogP contribution in [0.1, 0.15) is 18.4 Å². The van der Waals surface area contributed by atoms with Gasteiger partial charge < -0.3 is 10.5 Å². The average molecular weight is 277 g/mol. The molecule has 1 saturated heterocycles. The number of ether oxygens (including phenoxy) is 1.